The lowest BCUT2D eigenvalue weighted by Crippen LogP contribution is -2.12. The number of hydrogen-bond donors (Lipinski definition) is 1. The molecule has 5 rings (SSSR count). The van der Waals surface area contributed by atoms with Crippen molar-refractivity contribution < 1.29 is 4.79 Å². The maximum atomic E-state index is 12.5. The fourth-order valence-electron chi connectivity index (χ4n) is 3.38. The van der Waals surface area contributed by atoms with Crippen molar-refractivity contribution in [2.24, 2.45) is 0 Å². The van der Waals surface area contributed by atoms with Crippen LogP contribution in [0.5, 0.6) is 0 Å². The molecule has 1 aliphatic rings. The number of aryl methyl sites for hydroxylation is 1. The third kappa shape index (κ3) is 3.98. The largest absolute Gasteiger partial charge is 0.326 e. The fraction of sp³-hybridized carbons (Fsp3) is 0.227. The number of amides is 1. The van der Waals surface area contributed by atoms with Crippen LogP contribution in [0.4, 0.5) is 5.69 Å². The Bertz CT molecular complexity index is 1160. The van der Waals surface area contributed by atoms with Crippen LogP contribution in [0.15, 0.2) is 67.0 Å². The Balaban J connectivity index is 1.21. The van der Waals surface area contributed by atoms with Crippen LogP contribution in [0.3, 0.4) is 0 Å². The van der Waals surface area contributed by atoms with Crippen LogP contribution in [0.2, 0.25) is 0 Å². The summed E-state index contributed by atoms with van der Waals surface area (Å²) < 4.78 is 3.69. The predicted molar refractivity (Wildman–Crippen MR) is 112 cm³/mol. The number of nitrogens with zero attached hydrogens (tertiary/aromatic N) is 6. The highest BCUT2D eigenvalue weighted by Crippen LogP contribution is 2.36. The van der Waals surface area contributed by atoms with Crippen LogP contribution in [0, 0.1) is 0 Å². The van der Waals surface area contributed by atoms with Gasteiger partial charge in [0.25, 0.3) is 0 Å². The lowest BCUT2D eigenvalue weighted by Gasteiger charge is -2.07. The van der Waals surface area contributed by atoms with Crippen molar-refractivity contribution in [3.8, 4) is 17.1 Å². The molecule has 2 heterocycles. The fourth-order valence-corrected chi connectivity index (χ4v) is 3.38. The molecule has 2 aromatic heterocycles. The summed E-state index contributed by atoms with van der Waals surface area (Å²) in [5.74, 6) is 0.698. The van der Waals surface area contributed by atoms with E-state index >= 15 is 0 Å². The van der Waals surface area contributed by atoms with Gasteiger partial charge in [0.15, 0.2) is 5.82 Å². The number of para-hydroxylation sites is 1. The van der Waals surface area contributed by atoms with E-state index in [9.17, 15) is 4.79 Å². The molecule has 0 radical (unpaired) electrons. The van der Waals surface area contributed by atoms with Crippen molar-refractivity contribution in [2.45, 2.75) is 31.7 Å². The average molecular weight is 399 g/mol. The number of aromatic nitrogens is 6. The SMILES string of the molecule is O=C(CCc1cnn(-c2ccccc2)c1)Nc1cccc(-c2nnnn2C2CC2)c1. The molecule has 0 bridgehead atoms. The lowest BCUT2D eigenvalue weighted by molar-refractivity contribution is -0.116. The van der Waals surface area contributed by atoms with Crippen LogP contribution in [0.1, 0.15) is 30.9 Å². The van der Waals surface area contributed by atoms with Crippen LogP contribution >= 0.6 is 0 Å². The molecule has 1 saturated carbocycles. The predicted octanol–water partition coefficient (Wildman–Crippen LogP) is 3.43. The van der Waals surface area contributed by atoms with Gasteiger partial charge in [-0.15, -0.1) is 5.10 Å². The molecule has 4 aromatic rings. The highest BCUT2D eigenvalue weighted by Gasteiger charge is 2.28. The van der Waals surface area contributed by atoms with E-state index < -0.39 is 0 Å². The first-order valence-electron chi connectivity index (χ1n) is 10.0. The van der Waals surface area contributed by atoms with E-state index in [2.05, 4.69) is 25.9 Å². The molecule has 30 heavy (non-hydrogen) atoms. The van der Waals surface area contributed by atoms with Gasteiger partial charge in [0.05, 0.1) is 17.9 Å². The molecule has 1 fully saturated rings. The smallest absolute Gasteiger partial charge is 0.224 e. The van der Waals surface area contributed by atoms with Crippen molar-refractivity contribution in [3.63, 3.8) is 0 Å². The zero-order valence-electron chi connectivity index (χ0n) is 16.3. The van der Waals surface area contributed by atoms with Crippen molar-refractivity contribution >= 4 is 11.6 Å². The molecule has 0 saturated heterocycles. The van der Waals surface area contributed by atoms with Crippen molar-refractivity contribution in [1.29, 1.82) is 0 Å². The summed E-state index contributed by atoms with van der Waals surface area (Å²) in [5, 5.41) is 19.4. The lowest BCUT2D eigenvalue weighted by atomic mass is 10.1. The van der Waals surface area contributed by atoms with Crippen molar-refractivity contribution in [3.05, 3.63) is 72.6 Å². The molecule has 1 aliphatic carbocycles. The standard InChI is InChI=1S/C22H21N7O/c30-21(12-9-16-14-23-28(15-16)19-7-2-1-3-8-19)24-18-6-4-5-17(13-18)22-25-26-27-29(22)20-10-11-20/h1-8,13-15,20H,9-12H2,(H,24,30). The molecule has 1 N–H and O–H groups in total. The van der Waals surface area contributed by atoms with Gasteiger partial charge in [-0.25, -0.2) is 9.36 Å². The van der Waals surface area contributed by atoms with E-state index in [-0.39, 0.29) is 5.91 Å². The number of benzene rings is 2. The third-order valence-electron chi connectivity index (χ3n) is 5.09. The average Bonchev–Trinajstić information content (AvgIpc) is 3.31. The molecule has 8 heteroatoms. The summed E-state index contributed by atoms with van der Waals surface area (Å²) in [6.07, 6.45) is 6.98. The summed E-state index contributed by atoms with van der Waals surface area (Å²) in [5.41, 5.74) is 3.65. The van der Waals surface area contributed by atoms with Crippen LogP contribution in [0.25, 0.3) is 17.1 Å². The first kappa shape index (κ1) is 18.2. The monoisotopic (exact) mass is 399 g/mol. The molecule has 0 aliphatic heterocycles. The van der Waals surface area contributed by atoms with Gasteiger partial charge in [-0.2, -0.15) is 5.10 Å². The van der Waals surface area contributed by atoms with E-state index in [1.807, 2.05) is 70.2 Å². The summed E-state index contributed by atoms with van der Waals surface area (Å²) in [6, 6.07) is 18.0. The van der Waals surface area contributed by atoms with E-state index in [1.54, 1.807) is 6.20 Å². The van der Waals surface area contributed by atoms with Crippen LogP contribution in [-0.4, -0.2) is 35.9 Å². The maximum absolute atomic E-state index is 12.5. The Kier molecular flexibility index (Phi) is 4.80. The third-order valence-corrected chi connectivity index (χ3v) is 5.09. The van der Waals surface area contributed by atoms with Crippen LogP contribution < -0.4 is 5.32 Å². The number of nitrogens with one attached hydrogen (secondary N) is 1. The zero-order chi connectivity index (χ0) is 20.3. The molecule has 0 atom stereocenters. The van der Waals surface area contributed by atoms with E-state index in [0.29, 0.717) is 18.9 Å². The quantitative estimate of drug-likeness (QED) is 0.514. The Morgan fingerprint density at radius 1 is 1.10 bits per heavy atom. The number of hydrogen-bond acceptors (Lipinski definition) is 5. The van der Waals surface area contributed by atoms with E-state index in [1.165, 1.54) is 0 Å². The van der Waals surface area contributed by atoms with Gasteiger partial charge < -0.3 is 5.32 Å². The van der Waals surface area contributed by atoms with Gasteiger partial charge in [0, 0.05) is 23.9 Å². The molecule has 0 spiro atoms. The second kappa shape index (κ2) is 7.90. The summed E-state index contributed by atoms with van der Waals surface area (Å²) >= 11 is 0. The summed E-state index contributed by atoms with van der Waals surface area (Å²) in [7, 11) is 0. The van der Waals surface area contributed by atoms with E-state index in [4.69, 9.17) is 0 Å². The van der Waals surface area contributed by atoms with Crippen molar-refractivity contribution in [1.82, 2.24) is 30.0 Å². The second-order valence-electron chi connectivity index (χ2n) is 7.44. The normalized spacial score (nSPS) is 13.3. The zero-order valence-corrected chi connectivity index (χ0v) is 16.3. The summed E-state index contributed by atoms with van der Waals surface area (Å²) in [4.78, 5) is 12.5. The molecule has 2 aromatic carbocycles. The molecule has 8 nitrogen and oxygen atoms in total. The first-order valence-corrected chi connectivity index (χ1v) is 10.0. The van der Waals surface area contributed by atoms with Gasteiger partial charge >= 0.3 is 0 Å². The number of tetrazole rings is 1. The van der Waals surface area contributed by atoms with Gasteiger partial charge in [-0.1, -0.05) is 30.3 Å². The van der Waals surface area contributed by atoms with Gasteiger partial charge in [0.1, 0.15) is 0 Å². The Hall–Kier alpha value is -3.81. The number of rotatable bonds is 7. The molecule has 150 valence electrons. The highest BCUT2D eigenvalue weighted by molar-refractivity contribution is 5.91. The maximum Gasteiger partial charge on any atom is 0.224 e. The van der Waals surface area contributed by atoms with E-state index in [0.717, 1.165) is 41.2 Å². The molecule has 1 amide bonds. The van der Waals surface area contributed by atoms with Gasteiger partial charge in [-0.3, -0.25) is 4.79 Å². The minimum absolute atomic E-state index is 0.0404. The first-order chi connectivity index (χ1) is 14.8. The molecule has 0 unspecified atom stereocenters. The number of carbonyl (C=O) groups excluding carboxylic acids is 1. The highest BCUT2D eigenvalue weighted by atomic mass is 16.1. The Morgan fingerprint density at radius 2 is 1.97 bits per heavy atom. The van der Waals surface area contributed by atoms with Gasteiger partial charge in [0.2, 0.25) is 5.91 Å². The number of anilines is 1. The minimum Gasteiger partial charge on any atom is -0.326 e. The topological polar surface area (TPSA) is 90.5 Å². The number of carbonyl (C=O) groups is 1. The summed E-state index contributed by atoms with van der Waals surface area (Å²) in [6.45, 7) is 0. The Morgan fingerprint density at radius 3 is 2.80 bits per heavy atom. The minimum atomic E-state index is -0.0404. The second-order valence-corrected chi connectivity index (χ2v) is 7.44. The van der Waals surface area contributed by atoms with Crippen molar-refractivity contribution in [2.75, 3.05) is 5.32 Å². The Labute approximate surface area is 173 Å². The van der Waals surface area contributed by atoms with Crippen LogP contribution in [-0.2, 0) is 11.2 Å². The molecular formula is C22H21N7O. The van der Waals surface area contributed by atoms with Gasteiger partial charge in [-0.05, 0) is 59.5 Å². The molecular weight excluding hydrogens is 378 g/mol.